The van der Waals surface area contributed by atoms with Crippen LogP contribution in [0, 0.1) is 6.92 Å². The van der Waals surface area contributed by atoms with Crippen molar-refractivity contribution in [3.05, 3.63) is 59.7 Å². The van der Waals surface area contributed by atoms with Crippen LogP contribution < -0.4 is 10.6 Å². The molecule has 0 aliphatic carbocycles. The molecule has 2 amide bonds. The first-order chi connectivity index (χ1) is 13.1. The molecule has 0 aliphatic rings. The molecule has 0 radical (unpaired) electrons. The van der Waals surface area contributed by atoms with E-state index in [0.717, 1.165) is 15.4 Å². The number of nitrogens with zero attached hydrogens (tertiary/aromatic N) is 1. The van der Waals surface area contributed by atoms with E-state index in [1.165, 1.54) is 33.2 Å². The van der Waals surface area contributed by atoms with Crippen molar-refractivity contribution in [3.8, 4) is 0 Å². The smallest absolute Gasteiger partial charge is 0.244 e. The van der Waals surface area contributed by atoms with Crippen molar-refractivity contribution in [2.75, 3.05) is 19.4 Å². The van der Waals surface area contributed by atoms with Crippen LogP contribution in [0.3, 0.4) is 0 Å². The average molecular weight is 404 g/mol. The van der Waals surface area contributed by atoms with E-state index in [-0.39, 0.29) is 22.9 Å². The zero-order valence-electron chi connectivity index (χ0n) is 16.4. The zero-order valence-corrected chi connectivity index (χ0v) is 17.2. The van der Waals surface area contributed by atoms with Crippen molar-refractivity contribution in [3.63, 3.8) is 0 Å². The minimum absolute atomic E-state index is 0.0137. The molecule has 7 nitrogen and oxygen atoms in total. The molecule has 0 saturated carbocycles. The average Bonchev–Trinajstić information content (AvgIpc) is 2.61. The first kappa shape index (κ1) is 21.6. The summed E-state index contributed by atoms with van der Waals surface area (Å²) >= 11 is 0. The summed E-state index contributed by atoms with van der Waals surface area (Å²) < 4.78 is 26.0. The number of hydrogen-bond acceptors (Lipinski definition) is 4. The third-order valence-electron chi connectivity index (χ3n) is 4.17. The quantitative estimate of drug-likeness (QED) is 0.742. The minimum atomic E-state index is -3.71. The van der Waals surface area contributed by atoms with Gasteiger partial charge in [-0.15, -0.1) is 0 Å². The first-order valence-corrected chi connectivity index (χ1v) is 10.2. The maximum Gasteiger partial charge on any atom is 0.244 e. The number of amides is 2. The molecular weight excluding hydrogens is 378 g/mol. The van der Waals surface area contributed by atoms with E-state index in [9.17, 15) is 18.0 Å². The molecule has 28 heavy (non-hydrogen) atoms. The van der Waals surface area contributed by atoms with Crippen LogP contribution in [0.15, 0.2) is 53.4 Å². The van der Waals surface area contributed by atoms with Gasteiger partial charge in [0.2, 0.25) is 21.8 Å². The summed E-state index contributed by atoms with van der Waals surface area (Å²) in [6, 6.07) is 13.2. The van der Waals surface area contributed by atoms with Crippen molar-refractivity contribution < 1.29 is 18.0 Å². The molecule has 1 atom stereocenters. The minimum Gasteiger partial charge on any atom is -0.349 e. The summed E-state index contributed by atoms with van der Waals surface area (Å²) in [5, 5.41) is 5.43. The van der Waals surface area contributed by atoms with Gasteiger partial charge in [-0.2, -0.15) is 0 Å². The van der Waals surface area contributed by atoms with E-state index in [2.05, 4.69) is 10.6 Å². The van der Waals surface area contributed by atoms with Crippen molar-refractivity contribution in [1.29, 1.82) is 0 Å². The third kappa shape index (κ3) is 5.40. The summed E-state index contributed by atoms with van der Waals surface area (Å²) in [4.78, 5) is 24.2. The number of nitrogens with one attached hydrogen (secondary N) is 2. The van der Waals surface area contributed by atoms with Crippen LogP contribution in [-0.4, -0.2) is 38.6 Å². The lowest BCUT2D eigenvalue weighted by Gasteiger charge is -2.19. The number of carbonyl (C=O) groups excluding carboxylic acids is 2. The molecular formula is C20H25N3O4S. The van der Waals surface area contributed by atoms with Gasteiger partial charge in [-0.3, -0.25) is 9.59 Å². The maximum atomic E-state index is 12.6. The third-order valence-corrected chi connectivity index (χ3v) is 6.04. The second-order valence-electron chi connectivity index (χ2n) is 6.70. The van der Waals surface area contributed by atoms with Crippen LogP contribution in [0.5, 0.6) is 0 Å². The normalized spacial score (nSPS) is 12.5. The Morgan fingerprint density at radius 3 is 2.21 bits per heavy atom. The van der Waals surface area contributed by atoms with Gasteiger partial charge in [-0.05, 0) is 24.6 Å². The highest BCUT2D eigenvalue weighted by Crippen LogP contribution is 2.24. The highest BCUT2D eigenvalue weighted by Gasteiger charge is 2.23. The van der Waals surface area contributed by atoms with Crippen molar-refractivity contribution >= 4 is 27.5 Å². The zero-order chi connectivity index (χ0) is 20.9. The van der Waals surface area contributed by atoms with Gasteiger partial charge in [-0.25, -0.2) is 12.7 Å². The van der Waals surface area contributed by atoms with E-state index in [4.69, 9.17) is 0 Å². The molecule has 8 heteroatoms. The molecule has 0 bridgehead atoms. The number of aryl methyl sites for hydroxylation is 1. The Balaban J connectivity index is 2.24. The van der Waals surface area contributed by atoms with Crippen LogP contribution in [0.4, 0.5) is 5.69 Å². The van der Waals surface area contributed by atoms with E-state index in [0.29, 0.717) is 0 Å². The largest absolute Gasteiger partial charge is 0.349 e. The molecule has 150 valence electrons. The molecule has 1 unspecified atom stereocenters. The molecule has 0 spiro atoms. The highest BCUT2D eigenvalue weighted by molar-refractivity contribution is 7.89. The predicted molar refractivity (Wildman–Crippen MR) is 108 cm³/mol. The number of hydrogen-bond donors (Lipinski definition) is 2. The van der Waals surface area contributed by atoms with Crippen molar-refractivity contribution in [2.24, 2.45) is 0 Å². The summed E-state index contributed by atoms with van der Waals surface area (Å²) in [5.74, 6) is -0.658. The van der Waals surface area contributed by atoms with E-state index < -0.39 is 22.0 Å². The van der Waals surface area contributed by atoms with Gasteiger partial charge in [0.1, 0.15) is 4.90 Å². The monoisotopic (exact) mass is 403 g/mol. The number of rotatable bonds is 7. The molecule has 0 aliphatic heterocycles. The fourth-order valence-corrected chi connectivity index (χ4v) is 3.72. The van der Waals surface area contributed by atoms with Crippen molar-refractivity contribution in [1.82, 2.24) is 9.62 Å². The van der Waals surface area contributed by atoms with Crippen LogP contribution in [-0.2, 0) is 19.6 Å². The molecule has 0 saturated heterocycles. The second kappa shape index (κ2) is 8.99. The lowest BCUT2D eigenvalue weighted by molar-refractivity contribution is -0.120. The standard InChI is InChI=1S/C20H25N3O4S/c1-14-9-11-16(12-10-14)18(21-15(2)24)13-20(25)22-17-7-5-6-8-19(17)28(26,27)23(3)4/h5-12,18H,13H2,1-4H3,(H,21,24)(H,22,25). The van der Waals surface area contributed by atoms with E-state index >= 15 is 0 Å². The van der Waals surface area contributed by atoms with Gasteiger partial charge < -0.3 is 10.6 Å². The summed E-state index contributed by atoms with van der Waals surface area (Å²) in [5.41, 5.74) is 2.06. The Morgan fingerprint density at radius 1 is 1.04 bits per heavy atom. The Bertz CT molecular complexity index is 954. The highest BCUT2D eigenvalue weighted by atomic mass is 32.2. The Labute approximate surface area is 165 Å². The fraction of sp³-hybridized carbons (Fsp3) is 0.300. The molecule has 2 aromatic rings. The lowest BCUT2D eigenvalue weighted by Crippen LogP contribution is -2.30. The van der Waals surface area contributed by atoms with Gasteiger partial charge in [0.15, 0.2) is 0 Å². The summed E-state index contributed by atoms with van der Waals surface area (Å²) in [6.07, 6.45) is -0.0288. The van der Waals surface area contributed by atoms with E-state index in [1.54, 1.807) is 12.1 Å². The Kier molecular flexibility index (Phi) is 6.93. The molecule has 0 fully saturated rings. The van der Waals surface area contributed by atoms with Crippen LogP contribution in [0.25, 0.3) is 0 Å². The molecule has 0 aromatic heterocycles. The van der Waals surface area contributed by atoms with Gasteiger partial charge >= 0.3 is 0 Å². The van der Waals surface area contributed by atoms with Gasteiger partial charge in [0.05, 0.1) is 18.2 Å². The molecule has 0 heterocycles. The topological polar surface area (TPSA) is 95.6 Å². The number of sulfonamides is 1. The Hall–Kier alpha value is -2.71. The van der Waals surface area contributed by atoms with Crippen LogP contribution >= 0.6 is 0 Å². The van der Waals surface area contributed by atoms with E-state index in [1.807, 2.05) is 31.2 Å². The molecule has 2 rings (SSSR count). The number of carbonyl (C=O) groups is 2. The van der Waals surface area contributed by atoms with Crippen molar-refractivity contribution in [2.45, 2.75) is 31.2 Å². The summed E-state index contributed by atoms with van der Waals surface area (Å²) in [7, 11) is -0.851. The summed E-state index contributed by atoms with van der Waals surface area (Å²) in [6.45, 7) is 3.34. The molecule has 2 N–H and O–H groups in total. The number of benzene rings is 2. The van der Waals surface area contributed by atoms with Crippen LogP contribution in [0.1, 0.15) is 30.5 Å². The second-order valence-corrected chi connectivity index (χ2v) is 8.82. The maximum absolute atomic E-state index is 12.6. The fourth-order valence-electron chi connectivity index (χ4n) is 2.67. The predicted octanol–water partition coefficient (Wildman–Crippen LogP) is 2.45. The number of para-hydroxylation sites is 1. The first-order valence-electron chi connectivity index (χ1n) is 8.76. The Morgan fingerprint density at radius 2 is 1.64 bits per heavy atom. The van der Waals surface area contributed by atoms with Crippen LogP contribution in [0.2, 0.25) is 0 Å². The van der Waals surface area contributed by atoms with Gasteiger partial charge in [0.25, 0.3) is 0 Å². The number of anilines is 1. The SMILES string of the molecule is CC(=O)NC(CC(=O)Nc1ccccc1S(=O)(=O)N(C)C)c1ccc(C)cc1. The van der Waals surface area contributed by atoms with Gasteiger partial charge in [0, 0.05) is 21.0 Å². The molecule has 2 aromatic carbocycles. The van der Waals surface area contributed by atoms with Gasteiger partial charge in [-0.1, -0.05) is 42.0 Å². The lowest BCUT2D eigenvalue weighted by atomic mass is 10.0.